The summed E-state index contributed by atoms with van der Waals surface area (Å²) in [5.74, 6) is 0.677. The van der Waals surface area contributed by atoms with E-state index < -0.39 is 0 Å². The SMILES string of the molecule is CCc1nc(SCC(=O)NCCC(=O)Nc2nccs2)n[nH]1. The van der Waals surface area contributed by atoms with Crippen LogP contribution in [0.5, 0.6) is 0 Å². The van der Waals surface area contributed by atoms with Crippen molar-refractivity contribution in [2.24, 2.45) is 0 Å². The zero-order chi connectivity index (χ0) is 15.8. The van der Waals surface area contributed by atoms with Gasteiger partial charge in [0.25, 0.3) is 0 Å². The number of thiazole rings is 1. The average Bonchev–Trinajstić information content (AvgIpc) is 3.16. The third-order valence-electron chi connectivity index (χ3n) is 2.53. The van der Waals surface area contributed by atoms with Crippen molar-refractivity contribution in [3.05, 3.63) is 17.4 Å². The van der Waals surface area contributed by atoms with Crippen LogP contribution in [-0.4, -0.2) is 44.3 Å². The van der Waals surface area contributed by atoms with E-state index in [1.807, 2.05) is 6.92 Å². The molecule has 0 aliphatic rings. The second-order valence-corrected chi connectivity index (χ2v) is 6.03. The molecule has 10 heteroatoms. The number of nitrogens with one attached hydrogen (secondary N) is 3. The van der Waals surface area contributed by atoms with Gasteiger partial charge in [0.1, 0.15) is 5.82 Å². The van der Waals surface area contributed by atoms with E-state index in [2.05, 4.69) is 30.8 Å². The van der Waals surface area contributed by atoms with Gasteiger partial charge in [-0.05, 0) is 0 Å². The van der Waals surface area contributed by atoms with Crippen molar-refractivity contribution in [3.63, 3.8) is 0 Å². The summed E-state index contributed by atoms with van der Waals surface area (Å²) >= 11 is 2.60. The van der Waals surface area contributed by atoms with Crippen molar-refractivity contribution < 1.29 is 9.59 Å². The maximum atomic E-state index is 11.7. The number of aromatic amines is 1. The Morgan fingerprint density at radius 3 is 2.95 bits per heavy atom. The maximum absolute atomic E-state index is 11.7. The van der Waals surface area contributed by atoms with E-state index in [4.69, 9.17) is 0 Å². The molecule has 0 spiro atoms. The first-order valence-corrected chi connectivity index (χ1v) is 8.54. The fourth-order valence-corrected chi connectivity index (χ4v) is 2.66. The van der Waals surface area contributed by atoms with Gasteiger partial charge < -0.3 is 10.6 Å². The molecule has 2 rings (SSSR count). The number of nitrogens with zero attached hydrogens (tertiary/aromatic N) is 3. The summed E-state index contributed by atoms with van der Waals surface area (Å²) in [4.78, 5) is 31.4. The predicted octanol–water partition coefficient (Wildman–Crippen LogP) is 1.06. The molecule has 0 aliphatic heterocycles. The topological polar surface area (TPSA) is 113 Å². The number of carbonyl (C=O) groups is 2. The third-order valence-corrected chi connectivity index (χ3v) is 4.07. The van der Waals surface area contributed by atoms with Crippen LogP contribution in [0.1, 0.15) is 19.2 Å². The molecule has 0 unspecified atom stereocenters. The van der Waals surface area contributed by atoms with Crippen LogP contribution in [0.25, 0.3) is 0 Å². The molecule has 0 bridgehead atoms. The maximum Gasteiger partial charge on any atom is 0.230 e. The second-order valence-electron chi connectivity index (χ2n) is 4.19. The van der Waals surface area contributed by atoms with Crippen LogP contribution in [0.4, 0.5) is 5.13 Å². The Labute approximate surface area is 135 Å². The molecule has 0 radical (unpaired) electrons. The van der Waals surface area contributed by atoms with Crippen LogP contribution in [0.15, 0.2) is 16.7 Å². The number of aryl methyl sites for hydroxylation is 1. The summed E-state index contributed by atoms with van der Waals surface area (Å²) in [6.07, 6.45) is 2.59. The average molecular weight is 340 g/mol. The van der Waals surface area contributed by atoms with Crippen molar-refractivity contribution in [3.8, 4) is 0 Å². The molecule has 0 aliphatic carbocycles. The van der Waals surface area contributed by atoms with Gasteiger partial charge in [-0.2, -0.15) is 0 Å². The summed E-state index contributed by atoms with van der Waals surface area (Å²) in [6.45, 7) is 2.25. The van der Waals surface area contributed by atoms with Gasteiger partial charge >= 0.3 is 0 Å². The number of hydrogen-bond acceptors (Lipinski definition) is 7. The molecule has 2 heterocycles. The molecular formula is C12H16N6O2S2. The molecule has 118 valence electrons. The molecule has 0 saturated heterocycles. The Bertz CT molecular complexity index is 613. The fraction of sp³-hybridized carbons (Fsp3) is 0.417. The lowest BCUT2D eigenvalue weighted by molar-refractivity contribution is -0.119. The molecule has 22 heavy (non-hydrogen) atoms. The number of aromatic nitrogens is 4. The molecule has 2 amide bonds. The summed E-state index contributed by atoms with van der Waals surface area (Å²) < 4.78 is 0. The Kier molecular flexibility index (Phi) is 6.34. The number of thioether (sulfide) groups is 1. The van der Waals surface area contributed by atoms with Gasteiger partial charge in [0.05, 0.1) is 5.75 Å². The molecule has 0 atom stereocenters. The zero-order valence-electron chi connectivity index (χ0n) is 12.0. The van der Waals surface area contributed by atoms with Crippen molar-refractivity contribution in [1.82, 2.24) is 25.5 Å². The Hall–Kier alpha value is -1.94. The first kappa shape index (κ1) is 16.4. The molecule has 8 nitrogen and oxygen atoms in total. The van der Waals surface area contributed by atoms with Crippen LogP contribution in [-0.2, 0) is 16.0 Å². The quantitative estimate of drug-likeness (QED) is 0.619. The first-order valence-electron chi connectivity index (χ1n) is 6.67. The Morgan fingerprint density at radius 1 is 1.41 bits per heavy atom. The van der Waals surface area contributed by atoms with E-state index in [1.165, 1.54) is 23.1 Å². The number of hydrogen-bond donors (Lipinski definition) is 3. The highest BCUT2D eigenvalue weighted by molar-refractivity contribution is 7.99. The Morgan fingerprint density at radius 2 is 2.27 bits per heavy atom. The van der Waals surface area contributed by atoms with Crippen LogP contribution in [0.2, 0.25) is 0 Å². The lowest BCUT2D eigenvalue weighted by Gasteiger charge is -2.04. The molecule has 3 N–H and O–H groups in total. The van der Waals surface area contributed by atoms with E-state index in [-0.39, 0.29) is 30.5 Å². The smallest absolute Gasteiger partial charge is 0.230 e. The Balaban J connectivity index is 1.60. The first-order chi connectivity index (χ1) is 10.7. The summed E-state index contributed by atoms with van der Waals surface area (Å²) in [7, 11) is 0. The highest BCUT2D eigenvalue weighted by Crippen LogP contribution is 2.12. The van der Waals surface area contributed by atoms with Gasteiger partial charge in [-0.25, -0.2) is 9.97 Å². The van der Waals surface area contributed by atoms with Crippen molar-refractivity contribution in [2.45, 2.75) is 24.9 Å². The number of carbonyl (C=O) groups excluding carboxylic acids is 2. The predicted molar refractivity (Wildman–Crippen MR) is 84.9 cm³/mol. The van der Waals surface area contributed by atoms with Crippen molar-refractivity contribution in [2.75, 3.05) is 17.6 Å². The van der Waals surface area contributed by atoms with Gasteiger partial charge in [-0.3, -0.25) is 14.7 Å². The van der Waals surface area contributed by atoms with Crippen LogP contribution in [0.3, 0.4) is 0 Å². The number of amides is 2. The molecule has 2 aromatic heterocycles. The van der Waals surface area contributed by atoms with E-state index in [9.17, 15) is 9.59 Å². The summed E-state index contributed by atoms with van der Waals surface area (Å²) in [5, 5.41) is 15.0. The normalized spacial score (nSPS) is 10.4. The fourth-order valence-electron chi connectivity index (χ4n) is 1.46. The minimum absolute atomic E-state index is 0.158. The van der Waals surface area contributed by atoms with Crippen LogP contribution < -0.4 is 10.6 Å². The van der Waals surface area contributed by atoms with Gasteiger partial charge in [0, 0.05) is 31.0 Å². The van der Waals surface area contributed by atoms with Crippen LogP contribution >= 0.6 is 23.1 Å². The van der Waals surface area contributed by atoms with Gasteiger partial charge in [-0.1, -0.05) is 18.7 Å². The van der Waals surface area contributed by atoms with Crippen LogP contribution in [0, 0.1) is 0 Å². The van der Waals surface area contributed by atoms with Crippen molar-refractivity contribution >= 4 is 40.0 Å². The summed E-state index contributed by atoms with van der Waals surface area (Å²) in [5.41, 5.74) is 0. The van der Waals surface area contributed by atoms with E-state index in [1.54, 1.807) is 11.6 Å². The van der Waals surface area contributed by atoms with Gasteiger partial charge in [0.15, 0.2) is 5.13 Å². The van der Waals surface area contributed by atoms with E-state index in [0.717, 1.165) is 12.2 Å². The minimum Gasteiger partial charge on any atom is -0.355 e. The summed E-state index contributed by atoms with van der Waals surface area (Å²) in [6, 6.07) is 0. The number of anilines is 1. The zero-order valence-corrected chi connectivity index (χ0v) is 13.6. The highest BCUT2D eigenvalue weighted by atomic mass is 32.2. The van der Waals surface area contributed by atoms with E-state index >= 15 is 0 Å². The lowest BCUT2D eigenvalue weighted by atomic mass is 10.4. The number of H-pyrrole nitrogens is 1. The van der Waals surface area contributed by atoms with Gasteiger partial charge in [0.2, 0.25) is 17.0 Å². The van der Waals surface area contributed by atoms with E-state index in [0.29, 0.717) is 10.3 Å². The monoisotopic (exact) mass is 340 g/mol. The lowest BCUT2D eigenvalue weighted by Crippen LogP contribution is -2.29. The molecule has 0 aromatic carbocycles. The third kappa shape index (κ3) is 5.45. The largest absolute Gasteiger partial charge is 0.355 e. The molecule has 0 saturated carbocycles. The van der Waals surface area contributed by atoms with Gasteiger partial charge in [-0.15, -0.1) is 16.4 Å². The molecule has 0 fully saturated rings. The highest BCUT2D eigenvalue weighted by Gasteiger charge is 2.08. The number of rotatable bonds is 8. The second kappa shape index (κ2) is 8.49. The standard InChI is InChI=1S/C12H16N6O2S2/c1-2-8-15-12(18-17-8)22-7-10(20)13-4-3-9(19)16-11-14-5-6-21-11/h5-6H,2-4,7H2,1H3,(H,13,20)(H,14,16,19)(H,15,17,18). The minimum atomic E-state index is -0.176. The molecular weight excluding hydrogens is 324 g/mol. The van der Waals surface area contributed by atoms with Crippen molar-refractivity contribution in [1.29, 1.82) is 0 Å². The molecule has 2 aromatic rings.